The molecular weight excluding hydrogens is 170 g/mol. The Balaban J connectivity index is 0.000000791. The van der Waals surface area contributed by atoms with Crippen LogP contribution in [0.2, 0.25) is 0 Å². The minimum atomic E-state index is 0.542. The zero-order chi connectivity index (χ0) is 11.2. The van der Waals surface area contributed by atoms with Crippen molar-refractivity contribution in [3.63, 3.8) is 0 Å². The molecule has 0 aromatic rings. The second kappa shape index (κ2) is 6.44. The van der Waals surface area contributed by atoms with E-state index in [4.69, 9.17) is 0 Å². The summed E-state index contributed by atoms with van der Waals surface area (Å²) in [6.07, 6.45) is 4.20. The maximum atomic E-state index is 2.62. The van der Waals surface area contributed by atoms with Crippen LogP contribution in [0.25, 0.3) is 0 Å². The Morgan fingerprint density at radius 3 is 2.14 bits per heavy atom. The van der Waals surface area contributed by atoms with Crippen molar-refractivity contribution < 1.29 is 0 Å². The van der Waals surface area contributed by atoms with Gasteiger partial charge in [-0.05, 0) is 38.6 Å². The zero-order valence-corrected chi connectivity index (χ0v) is 11.1. The first kappa shape index (κ1) is 14.0. The lowest BCUT2D eigenvalue weighted by Gasteiger charge is -2.32. The van der Waals surface area contributed by atoms with Crippen LogP contribution in [0.4, 0.5) is 0 Å². The molecule has 0 spiro atoms. The van der Waals surface area contributed by atoms with Crippen LogP contribution in [0.5, 0.6) is 0 Å². The van der Waals surface area contributed by atoms with Gasteiger partial charge >= 0.3 is 0 Å². The molecule has 14 heavy (non-hydrogen) atoms. The highest BCUT2D eigenvalue weighted by Crippen LogP contribution is 2.28. The van der Waals surface area contributed by atoms with Crippen molar-refractivity contribution in [2.75, 3.05) is 13.1 Å². The van der Waals surface area contributed by atoms with E-state index in [2.05, 4.69) is 32.6 Å². The van der Waals surface area contributed by atoms with Gasteiger partial charge in [-0.15, -0.1) is 0 Å². The number of nitrogens with zero attached hydrogens (tertiary/aromatic N) is 1. The van der Waals surface area contributed by atoms with Crippen LogP contribution >= 0.6 is 0 Å². The van der Waals surface area contributed by atoms with Crippen LogP contribution in [-0.4, -0.2) is 24.0 Å². The molecule has 0 amide bonds. The second-order valence-electron chi connectivity index (χ2n) is 5.19. The van der Waals surface area contributed by atoms with E-state index in [1.165, 1.54) is 32.4 Å². The first-order valence-electron chi connectivity index (χ1n) is 6.25. The van der Waals surface area contributed by atoms with E-state index in [0.717, 1.165) is 6.04 Å². The fraction of sp³-hybridized carbons (Fsp3) is 1.00. The molecule has 1 saturated heterocycles. The van der Waals surface area contributed by atoms with E-state index < -0.39 is 0 Å². The summed E-state index contributed by atoms with van der Waals surface area (Å²) in [5.41, 5.74) is 0.542. The molecule has 86 valence electrons. The minimum Gasteiger partial charge on any atom is -0.300 e. The molecule has 0 aromatic carbocycles. The lowest BCUT2D eigenvalue weighted by molar-refractivity contribution is 0.161. The largest absolute Gasteiger partial charge is 0.300 e. The smallest absolute Gasteiger partial charge is 0.00388 e. The standard InChI is InChI=1S/C11H23N.C2H6/c1-10(2)12-8-6-5-7-11(3,4)9-12;1-2/h10H,5-9H2,1-4H3;1-2H3. The highest BCUT2D eigenvalue weighted by atomic mass is 15.2. The number of likely N-dealkylation sites (tertiary alicyclic amines) is 1. The molecule has 0 bridgehead atoms. The number of hydrogen-bond acceptors (Lipinski definition) is 1. The maximum absolute atomic E-state index is 2.62. The van der Waals surface area contributed by atoms with Crippen LogP contribution in [0.3, 0.4) is 0 Å². The molecule has 1 heteroatoms. The van der Waals surface area contributed by atoms with Crippen molar-refractivity contribution in [3.8, 4) is 0 Å². The Bertz CT molecular complexity index is 138. The van der Waals surface area contributed by atoms with Gasteiger partial charge in [-0.3, -0.25) is 0 Å². The van der Waals surface area contributed by atoms with Crippen molar-refractivity contribution in [3.05, 3.63) is 0 Å². The van der Waals surface area contributed by atoms with Crippen LogP contribution < -0.4 is 0 Å². The topological polar surface area (TPSA) is 3.24 Å². The molecule has 0 atom stereocenters. The van der Waals surface area contributed by atoms with Gasteiger partial charge < -0.3 is 4.90 Å². The summed E-state index contributed by atoms with van der Waals surface area (Å²) in [6.45, 7) is 16.0. The summed E-state index contributed by atoms with van der Waals surface area (Å²) in [4.78, 5) is 2.62. The molecule has 0 N–H and O–H groups in total. The Morgan fingerprint density at radius 2 is 1.64 bits per heavy atom. The van der Waals surface area contributed by atoms with Gasteiger partial charge in [0.15, 0.2) is 0 Å². The molecular formula is C13H29N. The predicted octanol–water partition coefficient (Wildman–Crippen LogP) is 3.93. The van der Waals surface area contributed by atoms with Gasteiger partial charge in [-0.1, -0.05) is 34.1 Å². The lowest BCUT2D eigenvalue weighted by atomic mass is 9.88. The molecule has 0 radical (unpaired) electrons. The predicted molar refractivity (Wildman–Crippen MR) is 65.7 cm³/mol. The van der Waals surface area contributed by atoms with Gasteiger partial charge in [0.05, 0.1) is 0 Å². The van der Waals surface area contributed by atoms with E-state index in [0.29, 0.717) is 5.41 Å². The maximum Gasteiger partial charge on any atom is 0.00388 e. The zero-order valence-electron chi connectivity index (χ0n) is 11.1. The summed E-state index contributed by atoms with van der Waals surface area (Å²) >= 11 is 0. The third-order valence-electron chi connectivity index (χ3n) is 2.91. The van der Waals surface area contributed by atoms with Gasteiger partial charge in [-0.2, -0.15) is 0 Å². The molecule has 1 aliphatic heterocycles. The number of hydrogen-bond donors (Lipinski definition) is 0. The average molecular weight is 199 g/mol. The average Bonchev–Trinajstić information content (AvgIpc) is 2.30. The van der Waals surface area contributed by atoms with E-state index >= 15 is 0 Å². The molecule has 1 fully saturated rings. The SMILES string of the molecule is CC.CC(C)N1CCCCC(C)(C)C1. The molecule has 1 aliphatic rings. The Kier molecular flexibility index (Phi) is 6.43. The van der Waals surface area contributed by atoms with Crippen molar-refractivity contribution in [1.29, 1.82) is 0 Å². The van der Waals surface area contributed by atoms with Gasteiger partial charge in [0.25, 0.3) is 0 Å². The molecule has 0 saturated carbocycles. The molecule has 1 heterocycles. The van der Waals surface area contributed by atoms with E-state index in [9.17, 15) is 0 Å². The van der Waals surface area contributed by atoms with Crippen molar-refractivity contribution in [2.45, 2.75) is 66.8 Å². The summed E-state index contributed by atoms with van der Waals surface area (Å²) in [5.74, 6) is 0. The molecule has 0 aromatic heterocycles. The highest BCUT2D eigenvalue weighted by Gasteiger charge is 2.25. The van der Waals surface area contributed by atoms with Crippen LogP contribution in [0.1, 0.15) is 60.8 Å². The quantitative estimate of drug-likeness (QED) is 0.618. The highest BCUT2D eigenvalue weighted by molar-refractivity contribution is 4.79. The van der Waals surface area contributed by atoms with Crippen LogP contribution in [-0.2, 0) is 0 Å². The van der Waals surface area contributed by atoms with E-state index in [1.54, 1.807) is 0 Å². The monoisotopic (exact) mass is 199 g/mol. The van der Waals surface area contributed by atoms with Crippen molar-refractivity contribution >= 4 is 0 Å². The molecule has 1 rings (SSSR count). The first-order valence-corrected chi connectivity index (χ1v) is 6.25. The third-order valence-corrected chi connectivity index (χ3v) is 2.91. The normalized spacial score (nSPS) is 22.5. The molecule has 0 unspecified atom stereocenters. The summed E-state index contributed by atoms with van der Waals surface area (Å²) in [5, 5.41) is 0. The Hall–Kier alpha value is -0.0400. The fourth-order valence-corrected chi connectivity index (χ4v) is 2.07. The van der Waals surface area contributed by atoms with Crippen molar-refractivity contribution in [1.82, 2.24) is 4.90 Å². The van der Waals surface area contributed by atoms with Crippen molar-refractivity contribution in [2.24, 2.45) is 5.41 Å². The lowest BCUT2D eigenvalue weighted by Crippen LogP contribution is -2.37. The van der Waals surface area contributed by atoms with Gasteiger partial charge in [0, 0.05) is 12.6 Å². The Labute approximate surface area is 90.9 Å². The van der Waals surface area contributed by atoms with Crippen LogP contribution in [0, 0.1) is 5.41 Å². The number of rotatable bonds is 1. The van der Waals surface area contributed by atoms with Gasteiger partial charge in [0.2, 0.25) is 0 Å². The summed E-state index contributed by atoms with van der Waals surface area (Å²) in [6, 6.07) is 0.724. The third kappa shape index (κ3) is 4.99. The summed E-state index contributed by atoms with van der Waals surface area (Å²) < 4.78 is 0. The fourth-order valence-electron chi connectivity index (χ4n) is 2.07. The second-order valence-corrected chi connectivity index (χ2v) is 5.19. The van der Waals surface area contributed by atoms with Gasteiger partial charge in [-0.25, -0.2) is 0 Å². The minimum absolute atomic E-state index is 0.542. The summed E-state index contributed by atoms with van der Waals surface area (Å²) in [7, 11) is 0. The Morgan fingerprint density at radius 1 is 1.07 bits per heavy atom. The van der Waals surface area contributed by atoms with E-state index in [1.807, 2.05) is 13.8 Å². The van der Waals surface area contributed by atoms with Gasteiger partial charge in [0.1, 0.15) is 0 Å². The molecule has 1 nitrogen and oxygen atoms in total. The first-order chi connectivity index (χ1) is 6.51. The van der Waals surface area contributed by atoms with Crippen LogP contribution in [0.15, 0.2) is 0 Å². The van der Waals surface area contributed by atoms with E-state index in [-0.39, 0.29) is 0 Å². The molecule has 0 aliphatic carbocycles.